The molecule has 0 rings (SSSR count). The van der Waals surface area contributed by atoms with Crippen molar-refractivity contribution >= 4 is 0 Å². The summed E-state index contributed by atoms with van der Waals surface area (Å²) in [6.45, 7) is 14.0. The lowest BCUT2D eigenvalue weighted by atomic mass is 10.2. The molecule has 0 saturated carbocycles. The molecule has 11 heavy (non-hydrogen) atoms. The maximum atomic E-state index is 3.43. The van der Waals surface area contributed by atoms with Crippen LogP contribution in [0.2, 0.25) is 0 Å². The Morgan fingerprint density at radius 2 is 1.55 bits per heavy atom. The Kier molecular flexibility index (Phi) is 12.3. The Labute approximate surface area is 72.6 Å². The summed E-state index contributed by atoms with van der Waals surface area (Å²) in [6, 6.07) is 0.687. The first-order valence-corrected chi connectivity index (χ1v) is 4.90. The highest BCUT2D eigenvalue weighted by molar-refractivity contribution is 4.58. The third kappa shape index (κ3) is 13.0. The molecule has 1 N–H and O–H groups in total. The van der Waals surface area contributed by atoms with Crippen molar-refractivity contribution in [2.75, 3.05) is 6.54 Å². The van der Waals surface area contributed by atoms with Gasteiger partial charge in [-0.25, -0.2) is 0 Å². The number of rotatable bonds is 4. The van der Waals surface area contributed by atoms with Crippen LogP contribution >= 0.6 is 0 Å². The molecule has 0 radical (unpaired) electrons. The van der Waals surface area contributed by atoms with Gasteiger partial charge >= 0.3 is 0 Å². The number of hydrogen-bond acceptors (Lipinski definition) is 1. The second-order valence-corrected chi connectivity index (χ2v) is 3.11. The van der Waals surface area contributed by atoms with Gasteiger partial charge in [0.25, 0.3) is 0 Å². The minimum absolute atomic E-state index is 0.687. The molecule has 0 aromatic heterocycles. The highest BCUT2D eigenvalue weighted by Gasteiger charge is 1.97. The van der Waals surface area contributed by atoms with Crippen LogP contribution in [0.1, 0.15) is 48.0 Å². The van der Waals surface area contributed by atoms with Gasteiger partial charge in [0.1, 0.15) is 0 Å². The lowest BCUT2D eigenvalue weighted by Gasteiger charge is -2.12. The van der Waals surface area contributed by atoms with Crippen LogP contribution in [0.25, 0.3) is 0 Å². The predicted octanol–water partition coefficient (Wildman–Crippen LogP) is 3.06. The molecule has 1 heteroatoms. The van der Waals surface area contributed by atoms with Crippen LogP contribution in [0, 0.1) is 5.92 Å². The Balaban J connectivity index is 0. The molecular formula is C10H25N. The van der Waals surface area contributed by atoms with Gasteiger partial charge in [0, 0.05) is 6.04 Å². The van der Waals surface area contributed by atoms with Gasteiger partial charge in [0.15, 0.2) is 0 Å². The number of hydrogen-bond donors (Lipinski definition) is 1. The molecule has 1 unspecified atom stereocenters. The van der Waals surface area contributed by atoms with E-state index in [-0.39, 0.29) is 0 Å². The number of nitrogens with one attached hydrogen (secondary N) is 1. The summed E-state index contributed by atoms with van der Waals surface area (Å²) in [4.78, 5) is 0. The Hall–Kier alpha value is -0.0400. The van der Waals surface area contributed by atoms with Crippen LogP contribution in [0.3, 0.4) is 0 Å². The van der Waals surface area contributed by atoms with Crippen LogP contribution in [0.4, 0.5) is 0 Å². The van der Waals surface area contributed by atoms with E-state index in [2.05, 4.69) is 33.0 Å². The molecule has 0 spiro atoms. The maximum absolute atomic E-state index is 3.43. The minimum Gasteiger partial charge on any atom is -0.314 e. The molecule has 0 heterocycles. The first kappa shape index (κ1) is 13.5. The molecule has 0 fully saturated rings. The highest BCUT2D eigenvalue weighted by Crippen LogP contribution is 1.91. The third-order valence-electron chi connectivity index (χ3n) is 1.49. The summed E-state index contributed by atoms with van der Waals surface area (Å²) in [5.41, 5.74) is 0. The van der Waals surface area contributed by atoms with Crippen LogP contribution in [0.15, 0.2) is 0 Å². The van der Waals surface area contributed by atoms with Crippen LogP contribution < -0.4 is 5.32 Å². The van der Waals surface area contributed by atoms with Crippen LogP contribution in [-0.4, -0.2) is 12.6 Å². The van der Waals surface area contributed by atoms with Crippen molar-refractivity contribution < 1.29 is 0 Å². The highest BCUT2D eigenvalue weighted by atomic mass is 14.9. The van der Waals surface area contributed by atoms with Gasteiger partial charge < -0.3 is 5.32 Å². The lowest BCUT2D eigenvalue weighted by Crippen LogP contribution is -2.28. The van der Waals surface area contributed by atoms with Crippen molar-refractivity contribution in [2.45, 2.75) is 54.0 Å². The van der Waals surface area contributed by atoms with E-state index in [1.165, 1.54) is 6.42 Å². The van der Waals surface area contributed by atoms with Gasteiger partial charge in [0.05, 0.1) is 0 Å². The first-order chi connectivity index (χ1) is 5.16. The Morgan fingerprint density at radius 3 is 1.82 bits per heavy atom. The average molecular weight is 159 g/mol. The molecule has 1 nitrogen and oxygen atoms in total. The quantitative estimate of drug-likeness (QED) is 0.665. The van der Waals surface area contributed by atoms with Gasteiger partial charge in [-0.05, 0) is 25.8 Å². The fourth-order valence-electron chi connectivity index (χ4n) is 0.581. The molecule has 0 aliphatic heterocycles. The molecule has 70 valence electrons. The summed E-state index contributed by atoms with van der Waals surface area (Å²) in [5.74, 6) is 0.777. The van der Waals surface area contributed by atoms with E-state index in [1.807, 2.05) is 13.8 Å². The topological polar surface area (TPSA) is 12.0 Å². The molecule has 0 aliphatic rings. The van der Waals surface area contributed by atoms with Gasteiger partial charge in [-0.1, -0.05) is 34.6 Å². The molecule has 0 aromatic rings. The monoisotopic (exact) mass is 159 g/mol. The van der Waals surface area contributed by atoms with Crippen molar-refractivity contribution in [2.24, 2.45) is 5.92 Å². The SMILES string of the molecule is CC.CCC(C)NCC(C)C. The zero-order valence-corrected chi connectivity index (χ0v) is 9.07. The zero-order valence-electron chi connectivity index (χ0n) is 9.07. The minimum atomic E-state index is 0.687. The van der Waals surface area contributed by atoms with E-state index in [9.17, 15) is 0 Å². The largest absolute Gasteiger partial charge is 0.314 e. The lowest BCUT2D eigenvalue weighted by molar-refractivity contribution is 0.475. The van der Waals surface area contributed by atoms with E-state index < -0.39 is 0 Å². The van der Waals surface area contributed by atoms with Crippen molar-refractivity contribution in [3.05, 3.63) is 0 Å². The van der Waals surface area contributed by atoms with Gasteiger partial charge in [-0.3, -0.25) is 0 Å². The summed E-state index contributed by atoms with van der Waals surface area (Å²) in [5, 5.41) is 3.43. The Bertz CT molecular complexity index is 59.9. The molecule has 0 saturated heterocycles. The summed E-state index contributed by atoms with van der Waals surface area (Å²) in [7, 11) is 0. The Morgan fingerprint density at radius 1 is 1.09 bits per heavy atom. The van der Waals surface area contributed by atoms with Crippen molar-refractivity contribution in [1.29, 1.82) is 0 Å². The summed E-state index contributed by atoms with van der Waals surface area (Å²) < 4.78 is 0. The molecule has 1 atom stereocenters. The molecule has 0 amide bonds. The third-order valence-corrected chi connectivity index (χ3v) is 1.49. The second-order valence-electron chi connectivity index (χ2n) is 3.11. The normalized spacial score (nSPS) is 12.3. The van der Waals surface area contributed by atoms with Crippen molar-refractivity contribution in [3.8, 4) is 0 Å². The van der Waals surface area contributed by atoms with E-state index in [4.69, 9.17) is 0 Å². The molecule has 0 aliphatic carbocycles. The standard InChI is InChI=1S/C8H19N.C2H6/c1-5-8(4)9-6-7(2)3;1-2/h7-9H,5-6H2,1-4H3;1-2H3. The fraction of sp³-hybridized carbons (Fsp3) is 1.00. The van der Waals surface area contributed by atoms with Crippen LogP contribution in [0.5, 0.6) is 0 Å². The van der Waals surface area contributed by atoms with Gasteiger partial charge in [-0.15, -0.1) is 0 Å². The van der Waals surface area contributed by atoms with Crippen LogP contribution in [-0.2, 0) is 0 Å². The maximum Gasteiger partial charge on any atom is 0.00362 e. The molecule has 0 aromatic carbocycles. The van der Waals surface area contributed by atoms with E-state index >= 15 is 0 Å². The summed E-state index contributed by atoms with van der Waals surface area (Å²) >= 11 is 0. The first-order valence-electron chi connectivity index (χ1n) is 4.90. The van der Waals surface area contributed by atoms with E-state index in [0.29, 0.717) is 6.04 Å². The smallest absolute Gasteiger partial charge is 0.00362 e. The van der Waals surface area contributed by atoms with E-state index in [0.717, 1.165) is 12.5 Å². The van der Waals surface area contributed by atoms with E-state index in [1.54, 1.807) is 0 Å². The fourth-order valence-corrected chi connectivity index (χ4v) is 0.581. The molecule has 0 bridgehead atoms. The zero-order chi connectivity index (χ0) is 9.28. The van der Waals surface area contributed by atoms with Crippen molar-refractivity contribution in [1.82, 2.24) is 5.32 Å². The van der Waals surface area contributed by atoms with Crippen molar-refractivity contribution in [3.63, 3.8) is 0 Å². The average Bonchev–Trinajstić information content (AvgIpc) is 2.04. The second kappa shape index (κ2) is 9.96. The summed E-state index contributed by atoms with van der Waals surface area (Å²) in [6.07, 6.45) is 1.23. The predicted molar refractivity (Wildman–Crippen MR) is 53.9 cm³/mol. The van der Waals surface area contributed by atoms with Gasteiger partial charge in [0.2, 0.25) is 0 Å². The molecular weight excluding hydrogens is 134 g/mol. The van der Waals surface area contributed by atoms with Gasteiger partial charge in [-0.2, -0.15) is 0 Å².